The standard InChI is InChI=1S/C9H3F9O2/c10-2-1-7(12,6(19)20)5(9(16,17)18)4(11)3(2)8(13,14)15/h1,5H,(H,19,20). The molecule has 1 N–H and O–H groups in total. The molecule has 1 aliphatic carbocycles. The van der Waals surface area contributed by atoms with Gasteiger partial charge in [-0.3, -0.25) is 0 Å². The van der Waals surface area contributed by atoms with Crippen molar-refractivity contribution in [1.29, 1.82) is 0 Å². The van der Waals surface area contributed by atoms with Crippen LogP contribution in [0.5, 0.6) is 0 Å². The van der Waals surface area contributed by atoms with Gasteiger partial charge in [0.1, 0.15) is 17.2 Å². The molecule has 0 aliphatic heterocycles. The first-order valence-electron chi connectivity index (χ1n) is 4.57. The number of hydrogen-bond acceptors (Lipinski definition) is 1. The highest BCUT2D eigenvalue weighted by molar-refractivity contribution is 5.82. The first-order chi connectivity index (χ1) is 8.73. The fourth-order valence-corrected chi connectivity index (χ4v) is 1.62. The SMILES string of the molecule is O=C(O)C1(F)C=C(F)C(C(F)(F)F)=C(F)C1C(F)(F)F. The van der Waals surface area contributed by atoms with Crippen LogP contribution in [-0.4, -0.2) is 29.1 Å². The number of hydrogen-bond donors (Lipinski definition) is 1. The van der Waals surface area contributed by atoms with Gasteiger partial charge in [0, 0.05) is 6.08 Å². The summed E-state index contributed by atoms with van der Waals surface area (Å²) in [5.74, 6) is -13.3. The van der Waals surface area contributed by atoms with E-state index in [9.17, 15) is 44.3 Å². The van der Waals surface area contributed by atoms with Crippen molar-refractivity contribution in [2.24, 2.45) is 5.92 Å². The summed E-state index contributed by atoms with van der Waals surface area (Å²) in [4.78, 5) is 10.4. The summed E-state index contributed by atoms with van der Waals surface area (Å²) < 4.78 is 114. The van der Waals surface area contributed by atoms with E-state index in [1.165, 1.54) is 0 Å². The molecule has 0 bridgehead atoms. The maximum Gasteiger partial charge on any atom is 0.421 e. The second-order valence-corrected chi connectivity index (χ2v) is 3.76. The van der Waals surface area contributed by atoms with Gasteiger partial charge in [-0.15, -0.1) is 0 Å². The van der Waals surface area contributed by atoms with Gasteiger partial charge in [0.25, 0.3) is 0 Å². The van der Waals surface area contributed by atoms with Crippen LogP contribution >= 0.6 is 0 Å². The van der Waals surface area contributed by atoms with Gasteiger partial charge in [-0.2, -0.15) is 26.3 Å². The Kier molecular flexibility index (Phi) is 3.62. The Morgan fingerprint density at radius 2 is 1.60 bits per heavy atom. The largest absolute Gasteiger partial charge is 0.479 e. The molecule has 1 rings (SSSR count). The molecular weight excluding hydrogens is 311 g/mol. The molecule has 11 heteroatoms. The van der Waals surface area contributed by atoms with Crippen LogP contribution in [0.3, 0.4) is 0 Å². The van der Waals surface area contributed by atoms with E-state index in [0.29, 0.717) is 0 Å². The van der Waals surface area contributed by atoms with E-state index in [0.717, 1.165) is 0 Å². The third-order valence-electron chi connectivity index (χ3n) is 2.43. The zero-order chi connectivity index (χ0) is 16.1. The van der Waals surface area contributed by atoms with Gasteiger partial charge >= 0.3 is 18.3 Å². The fraction of sp³-hybridized carbons (Fsp3) is 0.444. The minimum Gasteiger partial charge on any atom is -0.479 e. The lowest BCUT2D eigenvalue weighted by Gasteiger charge is -2.32. The molecule has 2 atom stereocenters. The van der Waals surface area contributed by atoms with Crippen LogP contribution in [0.25, 0.3) is 0 Å². The predicted molar refractivity (Wildman–Crippen MR) is 44.4 cm³/mol. The first kappa shape index (κ1) is 16.4. The maximum atomic E-state index is 13.6. The number of halogens is 9. The Bertz CT molecular complexity index is 499. The molecule has 1 aliphatic rings. The quantitative estimate of drug-likeness (QED) is 0.751. The average molecular weight is 314 g/mol. The van der Waals surface area contributed by atoms with Crippen LogP contribution in [0, 0.1) is 5.92 Å². The Labute approximate surface area is 104 Å². The minimum absolute atomic E-state index is 1.04. The number of carboxylic acids is 1. The summed E-state index contributed by atoms with van der Waals surface area (Å²) in [6.07, 6.45) is -12.9. The van der Waals surface area contributed by atoms with Crippen molar-refractivity contribution in [1.82, 2.24) is 0 Å². The van der Waals surface area contributed by atoms with Gasteiger partial charge in [-0.05, 0) is 0 Å². The minimum atomic E-state index is -6.01. The van der Waals surface area contributed by atoms with Crippen molar-refractivity contribution in [2.45, 2.75) is 18.0 Å². The van der Waals surface area contributed by atoms with Crippen LogP contribution in [0.2, 0.25) is 0 Å². The van der Waals surface area contributed by atoms with E-state index in [2.05, 4.69) is 0 Å². The van der Waals surface area contributed by atoms with Gasteiger partial charge in [0.2, 0.25) is 5.67 Å². The molecule has 0 fully saturated rings. The summed E-state index contributed by atoms with van der Waals surface area (Å²) in [6.45, 7) is 0. The van der Waals surface area contributed by atoms with Crippen molar-refractivity contribution < 1.29 is 49.4 Å². The van der Waals surface area contributed by atoms with Crippen molar-refractivity contribution in [3.05, 3.63) is 23.3 Å². The van der Waals surface area contributed by atoms with Crippen molar-refractivity contribution in [3.8, 4) is 0 Å². The Balaban J connectivity index is 3.65. The Hall–Kier alpha value is -1.68. The molecule has 0 aromatic rings. The second-order valence-electron chi connectivity index (χ2n) is 3.76. The third kappa shape index (κ3) is 2.48. The number of rotatable bonds is 1. The zero-order valence-corrected chi connectivity index (χ0v) is 8.91. The van der Waals surface area contributed by atoms with Crippen LogP contribution in [0.15, 0.2) is 23.3 Å². The summed E-state index contributed by atoms with van der Waals surface area (Å²) in [7, 11) is 0. The lowest BCUT2D eigenvalue weighted by atomic mass is 9.80. The smallest absolute Gasteiger partial charge is 0.421 e. The van der Waals surface area contributed by atoms with Gasteiger partial charge < -0.3 is 5.11 Å². The molecule has 0 spiro atoms. The topological polar surface area (TPSA) is 37.3 Å². The number of alkyl halides is 7. The number of carbonyl (C=O) groups is 1. The summed E-state index contributed by atoms with van der Waals surface area (Å²) >= 11 is 0. The molecular formula is C9H3F9O2. The molecule has 0 amide bonds. The van der Waals surface area contributed by atoms with Gasteiger partial charge in [-0.1, -0.05) is 0 Å². The van der Waals surface area contributed by atoms with E-state index in [4.69, 9.17) is 5.11 Å². The van der Waals surface area contributed by atoms with Crippen molar-refractivity contribution >= 4 is 5.97 Å². The monoisotopic (exact) mass is 314 g/mol. The Morgan fingerprint density at radius 3 is 1.90 bits per heavy atom. The number of carboxylic acid groups (broad SMARTS) is 1. The van der Waals surface area contributed by atoms with E-state index in [1.54, 1.807) is 0 Å². The average Bonchev–Trinajstić information content (AvgIpc) is 2.10. The molecule has 2 unspecified atom stereocenters. The van der Waals surface area contributed by atoms with E-state index < -0.39 is 53.2 Å². The molecule has 114 valence electrons. The van der Waals surface area contributed by atoms with E-state index in [1.807, 2.05) is 0 Å². The highest BCUT2D eigenvalue weighted by atomic mass is 19.4. The van der Waals surface area contributed by atoms with Crippen LogP contribution in [-0.2, 0) is 4.79 Å². The summed E-state index contributed by atoms with van der Waals surface area (Å²) in [5, 5.41) is 8.30. The highest BCUT2D eigenvalue weighted by Crippen LogP contribution is 2.52. The number of aliphatic carboxylic acids is 1. The van der Waals surface area contributed by atoms with Gasteiger partial charge in [0.15, 0.2) is 5.92 Å². The highest BCUT2D eigenvalue weighted by Gasteiger charge is 2.65. The van der Waals surface area contributed by atoms with E-state index in [-0.39, 0.29) is 0 Å². The van der Waals surface area contributed by atoms with Crippen LogP contribution < -0.4 is 0 Å². The van der Waals surface area contributed by atoms with Crippen LogP contribution in [0.4, 0.5) is 39.5 Å². The second kappa shape index (κ2) is 4.42. The number of allylic oxidation sites excluding steroid dienone is 3. The van der Waals surface area contributed by atoms with Gasteiger partial charge in [-0.25, -0.2) is 18.0 Å². The van der Waals surface area contributed by atoms with Crippen molar-refractivity contribution in [2.75, 3.05) is 0 Å². The lowest BCUT2D eigenvalue weighted by Crippen LogP contribution is -2.50. The normalized spacial score (nSPS) is 28.4. The molecule has 0 radical (unpaired) electrons. The van der Waals surface area contributed by atoms with Crippen LogP contribution in [0.1, 0.15) is 0 Å². The summed E-state index contributed by atoms with van der Waals surface area (Å²) in [5.41, 5.74) is -7.68. The van der Waals surface area contributed by atoms with Gasteiger partial charge in [0.05, 0.1) is 0 Å². The third-order valence-corrected chi connectivity index (χ3v) is 2.43. The maximum absolute atomic E-state index is 13.6. The Morgan fingerprint density at radius 1 is 1.15 bits per heavy atom. The van der Waals surface area contributed by atoms with Crippen molar-refractivity contribution in [3.63, 3.8) is 0 Å². The lowest BCUT2D eigenvalue weighted by molar-refractivity contribution is -0.207. The molecule has 0 saturated heterocycles. The molecule has 0 saturated carbocycles. The molecule has 0 aromatic carbocycles. The molecule has 20 heavy (non-hydrogen) atoms. The molecule has 2 nitrogen and oxygen atoms in total. The zero-order valence-electron chi connectivity index (χ0n) is 8.91. The predicted octanol–water partition coefficient (Wildman–Crippen LogP) is 3.61. The van der Waals surface area contributed by atoms with E-state index >= 15 is 0 Å². The molecule has 0 aromatic heterocycles. The fourth-order valence-electron chi connectivity index (χ4n) is 1.62. The molecule has 0 heterocycles. The summed E-state index contributed by atoms with van der Waals surface area (Å²) in [6, 6.07) is 0. The first-order valence-corrected chi connectivity index (χ1v) is 4.57.